The number of amides is 1. The van der Waals surface area contributed by atoms with Crippen LogP contribution in [0.3, 0.4) is 0 Å². The molecule has 1 aliphatic carbocycles. The van der Waals surface area contributed by atoms with E-state index < -0.39 is 9.75 Å². The van der Waals surface area contributed by atoms with E-state index in [-0.39, 0.29) is 5.91 Å². The molecule has 0 unspecified atom stereocenters. The van der Waals surface area contributed by atoms with Crippen LogP contribution in [0, 0.1) is 5.41 Å². The van der Waals surface area contributed by atoms with Gasteiger partial charge in [-0.2, -0.15) is 0 Å². The summed E-state index contributed by atoms with van der Waals surface area (Å²) >= 11 is 11.8. The first-order valence-corrected chi connectivity index (χ1v) is 6.38. The lowest BCUT2D eigenvalue weighted by molar-refractivity contribution is -0.125. The molecule has 2 N–H and O–H groups in total. The van der Waals surface area contributed by atoms with Crippen LogP contribution in [0.15, 0.2) is 18.5 Å². The van der Waals surface area contributed by atoms with Crippen LogP contribution in [0.25, 0.3) is 0 Å². The maximum Gasteiger partial charge on any atom is 0.229 e. The van der Waals surface area contributed by atoms with Crippen LogP contribution in [-0.2, 0) is 4.79 Å². The van der Waals surface area contributed by atoms with Crippen LogP contribution in [-0.4, -0.2) is 33.3 Å². The van der Waals surface area contributed by atoms with Crippen LogP contribution >= 0.6 is 23.2 Å². The standard InChI is InChI=1S/C11H14Cl2N4O/c1-10(7-11(10,12)13)8(18)14-5-6-17-9-15-3-2-4-16-9/h2-4H,5-7H2,1H3,(H,14,18)(H,15,16,17)/t10-/m1/s1. The van der Waals surface area contributed by atoms with E-state index in [1.54, 1.807) is 25.4 Å². The molecule has 0 aliphatic heterocycles. The normalized spacial score (nSPS) is 24.4. The minimum atomic E-state index is -0.924. The van der Waals surface area contributed by atoms with E-state index in [9.17, 15) is 4.79 Å². The Balaban J connectivity index is 1.69. The van der Waals surface area contributed by atoms with E-state index in [0.717, 1.165) is 0 Å². The molecule has 0 radical (unpaired) electrons. The van der Waals surface area contributed by atoms with Gasteiger partial charge in [-0.1, -0.05) is 0 Å². The molecule has 18 heavy (non-hydrogen) atoms. The molecule has 2 rings (SSSR count). The van der Waals surface area contributed by atoms with Crippen LogP contribution in [0.2, 0.25) is 0 Å². The SMILES string of the molecule is C[C@]1(C(=O)NCCNc2ncccn2)CC1(Cl)Cl. The predicted molar refractivity (Wildman–Crippen MR) is 70.7 cm³/mol. The fraction of sp³-hybridized carbons (Fsp3) is 0.545. The molecule has 0 aromatic carbocycles. The predicted octanol–water partition coefficient (Wildman–Crippen LogP) is 1.59. The Labute approximate surface area is 115 Å². The lowest BCUT2D eigenvalue weighted by Gasteiger charge is -2.12. The lowest BCUT2D eigenvalue weighted by Crippen LogP contribution is -2.36. The fourth-order valence-corrected chi connectivity index (χ4v) is 2.29. The van der Waals surface area contributed by atoms with Crippen LogP contribution in [0.4, 0.5) is 5.95 Å². The molecule has 0 spiro atoms. The molecule has 7 heteroatoms. The van der Waals surface area contributed by atoms with E-state index in [0.29, 0.717) is 25.5 Å². The van der Waals surface area contributed by atoms with Crippen molar-refractivity contribution < 1.29 is 4.79 Å². The Hall–Kier alpha value is -1.07. The highest BCUT2D eigenvalue weighted by molar-refractivity contribution is 6.53. The second-order valence-corrected chi connectivity index (χ2v) is 5.95. The number of hydrogen-bond acceptors (Lipinski definition) is 4. The van der Waals surface area contributed by atoms with E-state index >= 15 is 0 Å². The number of halogens is 2. The Morgan fingerprint density at radius 3 is 2.56 bits per heavy atom. The first kappa shape index (κ1) is 13.4. The van der Waals surface area contributed by atoms with Gasteiger partial charge in [0, 0.05) is 25.5 Å². The van der Waals surface area contributed by atoms with Crippen molar-refractivity contribution in [3.8, 4) is 0 Å². The van der Waals surface area contributed by atoms with Gasteiger partial charge >= 0.3 is 0 Å². The lowest BCUT2D eigenvalue weighted by atomic mass is 10.1. The summed E-state index contributed by atoms with van der Waals surface area (Å²) in [4.78, 5) is 19.8. The molecule has 1 aliphatic rings. The third-order valence-electron chi connectivity index (χ3n) is 3.02. The number of nitrogens with one attached hydrogen (secondary N) is 2. The highest BCUT2D eigenvalue weighted by Crippen LogP contribution is 2.63. The summed E-state index contributed by atoms with van der Waals surface area (Å²) in [6.45, 7) is 2.77. The molecule has 1 amide bonds. The number of carbonyl (C=O) groups is 1. The average Bonchev–Trinajstić information content (AvgIpc) is 2.87. The summed E-state index contributed by atoms with van der Waals surface area (Å²) < 4.78 is -0.924. The van der Waals surface area contributed by atoms with Gasteiger partial charge in [-0.25, -0.2) is 9.97 Å². The second kappa shape index (κ2) is 4.90. The maximum absolute atomic E-state index is 11.8. The van der Waals surface area contributed by atoms with Crippen molar-refractivity contribution >= 4 is 35.1 Å². The van der Waals surface area contributed by atoms with Crippen molar-refractivity contribution in [2.75, 3.05) is 18.4 Å². The van der Waals surface area contributed by atoms with E-state index in [2.05, 4.69) is 20.6 Å². The van der Waals surface area contributed by atoms with Crippen LogP contribution in [0.1, 0.15) is 13.3 Å². The van der Waals surface area contributed by atoms with Gasteiger partial charge in [-0.15, -0.1) is 23.2 Å². The van der Waals surface area contributed by atoms with E-state index in [1.165, 1.54) is 0 Å². The number of aromatic nitrogens is 2. The molecule has 1 aromatic heterocycles. The van der Waals surface area contributed by atoms with Gasteiger partial charge in [-0.05, 0) is 19.4 Å². The highest BCUT2D eigenvalue weighted by atomic mass is 35.5. The highest BCUT2D eigenvalue weighted by Gasteiger charge is 2.67. The second-order valence-electron chi connectivity index (χ2n) is 4.47. The largest absolute Gasteiger partial charge is 0.354 e. The van der Waals surface area contributed by atoms with Gasteiger partial charge in [0.1, 0.15) is 4.33 Å². The fourth-order valence-electron chi connectivity index (χ4n) is 1.58. The molecule has 0 bridgehead atoms. The third kappa shape index (κ3) is 2.67. The van der Waals surface area contributed by atoms with Crippen molar-refractivity contribution in [2.24, 2.45) is 5.41 Å². The van der Waals surface area contributed by atoms with Gasteiger partial charge in [-0.3, -0.25) is 4.79 Å². The van der Waals surface area contributed by atoms with Crippen molar-refractivity contribution in [3.05, 3.63) is 18.5 Å². The van der Waals surface area contributed by atoms with E-state index in [1.807, 2.05) is 0 Å². The average molecular weight is 289 g/mol. The summed E-state index contributed by atoms with van der Waals surface area (Å²) in [6.07, 6.45) is 3.78. The smallest absolute Gasteiger partial charge is 0.229 e. The zero-order valence-electron chi connectivity index (χ0n) is 9.91. The van der Waals surface area contributed by atoms with Gasteiger partial charge in [0.2, 0.25) is 11.9 Å². The van der Waals surface area contributed by atoms with Gasteiger partial charge < -0.3 is 10.6 Å². The Morgan fingerprint density at radius 1 is 1.39 bits per heavy atom. The van der Waals surface area contributed by atoms with Gasteiger partial charge in [0.25, 0.3) is 0 Å². The zero-order valence-corrected chi connectivity index (χ0v) is 11.4. The molecule has 1 heterocycles. The number of hydrogen-bond donors (Lipinski definition) is 2. The van der Waals surface area contributed by atoms with Gasteiger partial charge in [0.15, 0.2) is 0 Å². The van der Waals surface area contributed by atoms with Crippen molar-refractivity contribution in [1.29, 1.82) is 0 Å². The van der Waals surface area contributed by atoms with Crippen molar-refractivity contribution in [2.45, 2.75) is 17.7 Å². The first-order valence-electron chi connectivity index (χ1n) is 5.63. The van der Waals surface area contributed by atoms with Crippen LogP contribution < -0.4 is 10.6 Å². The molecule has 98 valence electrons. The molecular formula is C11H14Cl2N4O. The van der Waals surface area contributed by atoms with Crippen molar-refractivity contribution in [3.63, 3.8) is 0 Å². The molecule has 5 nitrogen and oxygen atoms in total. The summed E-state index contributed by atoms with van der Waals surface area (Å²) in [5.41, 5.74) is -0.667. The molecule has 1 saturated carbocycles. The van der Waals surface area contributed by atoms with Crippen molar-refractivity contribution in [1.82, 2.24) is 15.3 Å². The summed E-state index contributed by atoms with van der Waals surface area (Å²) in [5, 5.41) is 5.77. The Kier molecular flexibility index (Phi) is 3.64. The van der Waals surface area contributed by atoms with Gasteiger partial charge in [0.05, 0.1) is 5.41 Å². The summed E-state index contributed by atoms with van der Waals surface area (Å²) in [7, 11) is 0. The Bertz CT molecular complexity index is 440. The molecule has 1 atom stereocenters. The van der Waals surface area contributed by atoms with E-state index in [4.69, 9.17) is 23.2 Å². The number of carbonyl (C=O) groups excluding carboxylic acids is 1. The number of rotatable bonds is 5. The minimum Gasteiger partial charge on any atom is -0.354 e. The third-order valence-corrected chi connectivity index (χ3v) is 4.12. The number of anilines is 1. The topological polar surface area (TPSA) is 66.9 Å². The Morgan fingerprint density at radius 2 is 2.00 bits per heavy atom. The summed E-state index contributed by atoms with van der Waals surface area (Å²) in [5.74, 6) is 0.414. The maximum atomic E-state index is 11.8. The molecular weight excluding hydrogens is 275 g/mol. The monoisotopic (exact) mass is 288 g/mol. The zero-order chi connectivity index (χ0) is 13.2. The quantitative estimate of drug-likeness (QED) is 0.638. The minimum absolute atomic E-state index is 0.122. The summed E-state index contributed by atoms with van der Waals surface area (Å²) in [6, 6.07) is 1.74. The first-order chi connectivity index (χ1) is 8.46. The molecule has 1 aromatic rings. The van der Waals surface area contributed by atoms with Crippen LogP contribution in [0.5, 0.6) is 0 Å². The molecule has 1 fully saturated rings. The molecule has 0 saturated heterocycles. The number of alkyl halides is 2. The number of nitrogens with zero attached hydrogens (tertiary/aromatic N) is 2.